The highest BCUT2D eigenvalue weighted by molar-refractivity contribution is 5.69. The number of esters is 1. The molecule has 0 aromatic heterocycles. The lowest BCUT2D eigenvalue weighted by atomic mass is 9.97. The van der Waals surface area contributed by atoms with Crippen LogP contribution in [0.25, 0.3) is 0 Å². The number of carbonyl (C=O) groups is 1. The highest BCUT2D eigenvalue weighted by Crippen LogP contribution is 2.16. The van der Waals surface area contributed by atoms with E-state index < -0.39 is 0 Å². The van der Waals surface area contributed by atoms with Crippen molar-refractivity contribution in [3.8, 4) is 0 Å². The quantitative estimate of drug-likeness (QED) is 0.0701. The zero-order valence-electron chi connectivity index (χ0n) is 23.9. The summed E-state index contributed by atoms with van der Waals surface area (Å²) in [7, 11) is 0. The van der Waals surface area contributed by atoms with Crippen LogP contribution in [0, 0.1) is 11.8 Å². The Kier molecular flexibility index (Phi) is 26.2. The minimum Gasteiger partial charge on any atom is -0.465 e. The largest absolute Gasteiger partial charge is 0.465 e. The van der Waals surface area contributed by atoms with E-state index in [0.717, 1.165) is 12.3 Å². The summed E-state index contributed by atoms with van der Waals surface area (Å²) in [4.78, 5) is 11.9. The molecular weight excluding hydrogens is 416 g/mol. The standard InChI is InChI=1S/C32H62O2/c1-5-7-8-9-10-11-12-13-14-15-16-17-18-19-20-21-22-23-24-28-32(33)34-29-31(4)27-25-26-30(3)6-2/h13-14,30-31H,5-12,15-29H2,1-4H3/b14-13-. The van der Waals surface area contributed by atoms with Gasteiger partial charge in [0.1, 0.15) is 0 Å². The lowest BCUT2D eigenvalue weighted by molar-refractivity contribution is -0.145. The third kappa shape index (κ3) is 25.8. The van der Waals surface area contributed by atoms with Gasteiger partial charge in [0.05, 0.1) is 6.61 Å². The summed E-state index contributed by atoms with van der Waals surface area (Å²) in [6, 6.07) is 0. The van der Waals surface area contributed by atoms with E-state index in [1.807, 2.05) is 0 Å². The van der Waals surface area contributed by atoms with E-state index in [9.17, 15) is 4.79 Å². The average Bonchev–Trinajstić information content (AvgIpc) is 2.84. The van der Waals surface area contributed by atoms with E-state index >= 15 is 0 Å². The van der Waals surface area contributed by atoms with Gasteiger partial charge in [-0.3, -0.25) is 4.79 Å². The summed E-state index contributed by atoms with van der Waals surface area (Å²) in [5, 5.41) is 0. The summed E-state index contributed by atoms with van der Waals surface area (Å²) >= 11 is 0. The molecule has 0 saturated heterocycles. The van der Waals surface area contributed by atoms with Crippen molar-refractivity contribution in [3.05, 3.63) is 12.2 Å². The molecular formula is C32H62O2. The van der Waals surface area contributed by atoms with Crippen molar-refractivity contribution < 1.29 is 9.53 Å². The number of ether oxygens (including phenoxy) is 1. The molecule has 0 aliphatic rings. The van der Waals surface area contributed by atoms with Crippen LogP contribution in [0.3, 0.4) is 0 Å². The SMILES string of the molecule is CCCCCCCC/C=C\CCCCCCCCCCCC(=O)OCC(C)CCCC(C)CC. The van der Waals surface area contributed by atoms with Crippen molar-refractivity contribution in [1.29, 1.82) is 0 Å². The van der Waals surface area contributed by atoms with Gasteiger partial charge in [-0.1, -0.05) is 136 Å². The summed E-state index contributed by atoms with van der Waals surface area (Å²) in [5.74, 6) is 1.32. The second-order valence-corrected chi connectivity index (χ2v) is 11.0. The van der Waals surface area contributed by atoms with Crippen molar-refractivity contribution in [1.82, 2.24) is 0 Å². The van der Waals surface area contributed by atoms with Crippen molar-refractivity contribution in [2.45, 2.75) is 169 Å². The maximum atomic E-state index is 11.9. The molecule has 2 unspecified atom stereocenters. The van der Waals surface area contributed by atoms with Crippen LogP contribution in [0.15, 0.2) is 12.2 Å². The first-order valence-electron chi connectivity index (χ1n) is 15.4. The third-order valence-corrected chi connectivity index (χ3v) is 7.26. The number of hydrogen-bond donors (Lipinski definition) is 0. The topological polar surface area (TPSA) is 26.3 Å². The second kappa shape index (κ2) is 26.8. The molecule has 2 heteroatoms. The van der Waals surface area contributed by atoms with Crippen LogP contribution in [0.5, 0.6) is 0 Å². The Morgan fingerprint density at radius 1 is 0.618 bits per heavy atom. The van der Waals surface area contributed by atoms with Crippen LogP contribution in [-0.4, -0.2) is 12.6 Å². The Bertz CT molecular complexity index is 442. The van der Waals surface area contributed by atoms with Gasteiger partial charge in [-0.2, -0.15) is 0 Å². The van der Waals surface area contributed by atoms with Gasteiger partial charge in [0.15, 0.2) is 0 Å². The van der Waals surface area contributed by atoms with E-state index in [2.05, 4.69) is 39.8 Å². The normalized spacial score (nSPS) is 13.4. The number of hydrogen-bond acceptors (Lipinski definition) is 2. The lowest BCUT2D eigenvalue weighted by Gasteiger charge is -2.13. The Morgan fingerprint density at radius 3 is 1.62 bits per heavy atom. The van der Waals surface area contributed by atoms with Gasteiger partial charge < -0.3 is 4.74 Å². The Hall–Kier alpha value is -0.790. The number of rotatable bonds is 26. The fraction of sp³-hybridized carbons (Fsp3) is 0.906. The Labute approximate surface area is 215 Å². The first kappa shape index (κ1) is 33.2. The Morgan fingerprint density at radius 2 is 1.09 bits per heavy atom. The molecule has 0 heterocycles. The maximum Gasteiger partial charge on any atom is 0.305 e. The summed E-state index contributed by atoms with van der Waals surface area (Å²) in [5.41, 5.74) is 0. The van der Waals surface area contributed by atoms with E-state index in [0.29, 0.717) is 18.9 Å². The molecule has 0 N–H and O–H groups in total. The lowest BCUT2D eigenvalue weighted by Crippen LogP contribution is -2.12. The summed E-state index contributed by atoms with van der Waals surface area (Å²) in [6.45, 7) is 9.67. The first-order valence-corrected chi connectivity index (χ1v) is 15.4. The van der Waals surface area contributed by atoms with E-state index in [4.69, 9.17) is 4.74 Å². The molecule has 0 aromatic carbocycles. The van der Waals surface area contributed by atoms with Gasteiger partial charge >= 0.3 is 5.97 Å². The molecule has 0 aliphatic heterocycles. The summed E-state index contributed by atoms with van der Waals surface area (Å²) in [6.07, 6.45) is 32.9. The van der Waals surface area contributed by atoms with Crippen LogP contribution >= 0.6 is 0 Å². The van der Waals surface area contributed by atoms with Gasteiger partial charge in [-0.25, -0.2) is 0 Å². The van der Waals surface area contributed by atoms with E-state index in [1.54, 1.807) is 0 Å². The minimum atomic E-state index is 0.00907. The molecule has 0 spiro atoms. The van der Waals surface area contributed by atoms with Crippen LogP contribution in [0.1, 0.15) is 169 Å². The molecule has 2 atom stereocenters. The van der Waals surface area contributed by atoms with Crippen molar-refractivity contribution in [3.63, 3.8) is 0 Å². The molecule has 0 bridgehead atoms. The molecule has 0 amide bonds. The predicted molar refractivity (Wildman–Crippen MR) is 151 cm³/mol. The monoisotopic (exact) mass is 478 g/mol. The van der Waals surface area contributed by atoms with Crippen molar-refractivity contribution in [2.24, 2.45) is 11.8 Å². The molecule has 0 saturated carbocycles. The van der Waals surface area contributed by atoms with Gasteiger partial charge in [-0.15, -0.1) is 0 Å². The molecule has 0 rings (SSSR count). The highest BCUT2D eigenvalue weighted by Gasteiger charge is 2.08. The van der Waals surface area contributed by atoms with Gasteiger partial charge in [0.25, 0.3) is 0 Å². The van der Waals surface area contributed by atoms with Gasteiger partial charge in [0.2, 0.25) is 0 Å². The van der Waals surface area contributed by atoms with E-state index in [1.165, 1.54) is 128 Å². The van der Waals surface area contributed by atoms with Crippen molar-refractivity contribution >= 4 is 5.97 Å². The molecule has 0 fully saturated rings. The number of unbranched alkanes of at least 4 members (excludes halogenated alkanes) is 15. The zero-order chi connectivity index (χ0) is 25.1. The van der Waals surface area contributed by atoms with Crippen LogP contribution in [0.4, 0.5) is 0 Å². The zero-order valence-corrected chi connectivity index (χ0v) is 23.9. The van der Waals surface area contributed by atoms with Crippen LogP contribution in [-0.2, 0) is 9.53 Å². The number of allylic oxidation sites excluding steroid dienone is 2. The molecule has 0 aliphatic carbocycles. The molecule has 202 valence electrons. The highest BCUT2D eigenvalue weighted by atomic mass is 16.5. The van der Waals surface area contributed by atoms with Gasteiger partial charge in [0, 0.05) is 6.42 Å². The molecule has 0 aromatic rings. The fourth-order valence-electron chi connectivity index (χ4n) is 4.46. The third-order valence-electron chi connectivity index (χ3n) is 7.26. The molecule has 34 heavy (non-hydrogen) atoms. The molecule has 2 nitrogen and oxygen atoms in total. The smallest absolute Gasteiger partial charge is 0.305 e. The van der Waals surface area contributed by atoms with Crippen LogP contribution < -0.4 is 0 Å². The van der Waals surface area contributed by atoms with E-state index in [-0.39, 0.29) is 5.97 Å². The van der Waals surface area contributed by atoms with Crippen molar-refractivity contribution in [2.75, 3.05) is 6.61 Å². The average molecular weight is 479 g/mol. The summed E-state index contributed by atoms with van der Waals surface area (Å²) < 4.78 is 5.48. The van der Waals surface area contributed by atoms with Crippen LogP contribution in [0.2, 0.25) is 0 Å². The minimum absolute atomic E-state index is 0.00907. The Balaban J connectivity index is 3.29. The maximum absolute atomic E-state index is 11.9. The predicted octanol–water partition coefficient (Wildman–Crippen LogP) is 11.0. The second-order valence-electron chi connectivity index (χ2n) is 11.0. The number of carbonyl (C=O) groups excluding carboxylic acids is 1. The van der Waals surface area contributed by atoms with Gasteiger partial charge in [-0.05, 0) is 50.4 Å². The molecule has 0 radical (unpaired) electrons. The first-order chi connectivity index (χ1) is 16.6. The fourth-order valence-corrected chi connectivity index (χ4v) is 4.46.